The molecular weight excluding hydrogens is 619 g/mol. The maximum Gasteiger partial charge on any atom is 0.460 e. The second-order valence-corrected chi connectivity index (χ2v) is 9.20. The first-order chi connectivity index (χ1) is 19.6. The van der Waals surface area contributed by atoms with Crippen molar-refractivity contribution in [3.63, 3.8) is 0 Å². The van der Waals surface area contributed by atoms with Gasteiger partial charge in [0.1, 0.15) is 5.75 Å². The summed E-state index contributed by atoms with van der Waals surface area (Å²) in [6.07, 6.45) is -2.19. The lowest BCUT2D eigenvalue weighted by Crippen LogP contribution is -2.69. The van der Waals surface area contributed by atoms with Crippen molar-refractivity contribution in [2.75, 3.05) is 13.2 Å². The molecule has 0 saturated heterocycles. The lowest BCUT2D eigenvalue weighted by Gasteiger charge is -2.39. The molecule has 0 bridgehead atoms. The quantitative estimate of drug-likeness (QED) is 0.0916. The standard InChI is InChI=1S/C27H23F13O3/c28-22(29,23(30,31)24(32,33)25(34,35)26(36,37)27(38,39)40)19-10-8-18(9-11-19)21(42)14-7-17-5-12-20(13-6-17)43-16-4-2-1-3-15-41/h5-14,41H,1-4,15-16H2/b14-7+. The Balaban J connectivity index is 2.15. The van der Waals surface area contributed by atoms with Crippen molar-refractivity contribution in [2.24, 2.45) is 0 Å². The SMILES string of the molecule is O=C(/C=C/c1ccc(OCCCCCCO)cc1)c1ccc(C(F)(F)C(F)(F)C(F)(F)C(F)(F)C(F)(F)C(F)(F)F)cc1. The van der Waals surface area contributed by atoms with Gasteiger partial charge in [-0.3, -0.25) is 4.79 Å². The molecule has 2 aromatic rings. The zero-order valence-electron chi connectivity index (χ0n) is 21.7. The molecule has 0 spiro atoms. The second kappa shape index (κ2) is 13.1. The smallest absolute Gasteiger partial charge is 0.460 e. The molecule has 0 amide bonds. The lowest BCUT2D eigenvalue weighted by atomic mass is 9.90. The van der Waals surface area contributed by atoms with Gasteiger partial charge in [0.05, 0.1) is 6.61 Å². The van der Waals surface area contributed by atoms with Crippen LogP contribution in [-0.2, 0) is 5.92 Å². The molecule has 43 heavy (non-hydrogen) atoms. The van der Waals surface area contributed by atoms with Crippen molar-refractivity contribution in [3.8, 4) is 5.75 Å². The number of rotatable bonds is 15. The van der Waals surface area contributed by atoms with Crippen molar-refractivity contribution in [1.82, 2.24) is 0 Å². The summed E-state index contributed by atoms with van der Waals surface area (Å²) in [4.78, 5) is 12.3. The fraction of sp³-hybridized carbons (Fsp3) is 0.444. The monoisotopic (exact) mass is 642 g/mol. The highest BCUT2D eigenvalue weighted by atomic mass is 19.4. The molecule has 0 aliphatic carbocycles. The number of ether oxygens (including phenoxy) is 1. The van der Waals surface area contributed by atoms with Crippen LogP contribution in [0.25, 0.3) is 6.08 Å². The molecule has 1 N–H and O–H groups in total. The minimum Gasteiger partial charge on any atom is -0.494 e. The van der Waals surface area contributed by atoms with Crippen LogP contribution >= 0.6 is 0 Å². The van der Waals surface area contributed by atoms with Crippen molar-refractivity contribution < 1.29 is 71.7 Å². The molecule has 0 aliphatic heterocycles. The van der Waals surface area contributed by atoms with E-state index in [2.05, 4.69) is 0 Å². The third kappa shape index (κ3) is 7.27. The fourth-order valence-corrected chi connectivity index (χ4v) is 3.50. The number of aliphatic hydroxyl groups is 1. The van der Waals surface area contributed by atoms with E-state index in [0.717, 1.165) is 25.3 Å². The Morgan fingerprint density at radius 3 is 1.67 bits per heavy atom. The molecular formula is C27H23F13O3. The highest BCUT2D eigenvalue weighted by Crippen LogP contribution is 2.62. The normalized spacial score (nSPS) is 13.9. The molecule has 0 aliphatic rings. The molecule has 3 nitrogen and oxygen atoms in total. The van der Waals surface area contributed by atoms with Crippen LogP contribution in [0.1, 0.15) is 47.2 Å². The summed E-state index contributed by atoms with van der Waals surface area (Å²) < 4.78 is 179. The Hall–Kier alpha value is -3.30. The van der Waals surface area contributed by atoms with E-state index in [0.29, 0.717) is 36.5 Å². The van der Waals surface area contributed by atoms with Gasteiger partial charge in [-0.2, -0.15) is 57.1 Å². The Labute approximate surface area is 235 Å². The van der Waals surface area contributed by atoms with Crippen LogP contribution in [0.15, 0.2) is 54.6 Å². The Morgan fingerprint density at radius 1 is 0.651 bits per heavy atom. The topological polar surface area (TPSA) is 46.5 Å². The molecule has 2 aromatic carbocycles. The van der Waals surface area contributed by atoms with E-state index in [1.165, 1.54) is 18.2 Å². The summed E-state index contributed by atoms with van der Waals surface area (Å²) in [6, 6.07) is 6.89. The zero-order chi connectivity index (χ0) is 32.9. The van der Waals surface area contributed by atoms with Gasteiger partial charge in [-0.05, 0) is 43.0 Å². The lowest BCUT2D eigenvalue weighted by molar-refractivity contribution is -0.441. The Kier molecular flexibility index (Phi) is 11.0. The van der Waals surface area contributed by atoms with Crippen molar-refractivity contribution in [1.29, 1.82) is 0 Å². The van der Waals surface area contributed by atoms with E-state index in [-0.39, 0.29) is 18.7 Å². The summed E-state index contributed by atoms with van der Waals surface area (Å²) in [6.45, 7) is 0.520. The Morgan fingerprint density at radius 2 is 1.16 bits per heavy atom. The predicted octanol–water partition coefficient (Wildman–Crippen LogP) is 8.71. The molecule has 0 radical (unpaired) electrons. The number of aliphatic hydroxyl groups excluding tert-OH is 1. The van der Waals surface area contributed by atoms with Gasteiger partial charge >= 0.3 is 35.8 Å². The molecule has 0 unspecified atom stereocenters. The summed E-state index contributed by atoms with van der Waals surface area (Å²) >= 11 is 0. The number of allylic oxidation sites excluding steroid dienone is 1. The number of hydrogen-bond acceptors (Lipinski definition) is 3. The number of carbonyl (C=O) groups is 1. The zero-order valence-corrected chi connectivity index (χ0v) is 21.7. The van der Waals surface area contributed by atoms with Gasteiger partial charge in [-0.25, -0.2) is 0 Å². The van der Waals surface area contributed by atoms with E-state index in [4.69, 9.17) is 9.84 Å². The van der Waals surface area contributed by atoms with E-state index in [1.807, 2.05) is 0 Å². The van der Waals surface area contributed by atoms with Crippen LogP contribution in [0.3, 0.4) is 0 Å². The van der Waals surface area contributed by atoms with Crippen LogP contribution in [0, 0.1) is 0 Å². The fourth-order valence-electron chi connectivity index (χ4n) is 3.50. The second-order valence-electron chi connectivity index (χ2n) is 9.20. The molecule has 0 heterocycles. The number of unbranched alkanes of at least 4 members (excludes halogenated alkanes) is 3. The van der Waals surface area contributed by atoms with Gasteiger partial charge in [-0.1, -0.05) is 48.9 Å². The highest BCUT2D eigenvalue weighted by Gasteiger charge is 2.90. The van der Waals surface area contributed by atoms with E-state index in [1.54, 1.807) is 12.1 Å². The van der Waals surface area contributed by atoms with E-state index < -0.39 is 52.7 Å². The summed E-state index contributed by atoms with van der Waals surface area (Å²) in [5, 5.41) is 8.72. The van der Waals surface area contributed by atoms with Crippen molar-refractivity contribution >= 4 is 11.9 Å². The molecule has 0 aromatic heterocycles. The molecule has 240 valence electrons. The highest BCUT2D eigenvalue weighted by molar-refractivity contribution is 6.06. The van der Waals surface area contributed by atoms with Gasteiger partial charge in [0.2, 0.25) is 0 Å². The van der Waals surface area contributed by atoms with Gasteiger partial charge in [0, 0.05) is 17.7 Å². The number of carbonyl (C=O) groups excluding carboxylic acids is 1. The number of hydrogen-bond donors (Lipinski definition) is 1. The number of benzene rings is 2. The molecule has 2 rings (SSSR count). The first-order valence-electron chi connectivity index (χ1n) is 12.3. The van der Waals surface area contributed by atoms with Crippen molar-refractivity contribution in [3.05, 3.63) is 71.3 Å². The van der Waals surface area contributed by atoms with Crippen LogP contribution < -0.4 is 4.74 Å². The maximum atomic E-state index is 14.3. The first-order valence-corrected chi connectivity index (χ1v) is 12.3. The maximum absolute atomic E-state index is 14.3. The molecule has 16 heteroatoms. The van der Waals surface area contributed by atoms with Crippen LogP contribution in [0.5, 0.6) is 5.75 Å². The van der Waals surface area contributed by atoms with E-state index in [9.17, 15) is 61.9 Å². The van der Waals surface area contributed by atoms with Gasteiger partial charge in [-0.15, -0.1) is 0 Å². The van der Waals surface area contributed by atoms with Gasteiger partial charge < -0.3 is 9.84 Å². The van der Waals surface area contributed by atoms with Crippen molar-refractivity contribution in [2.45, 2.75) is 61.5 Å². The average Bonchev–Trinajstić information content (AvgIpc) is 2.93. The molecule has 0 fully saturated rings. The summed E-state index contributed by atoms with van der Waals surface area (Å²) in [5.41, 5.74) is -2.21. The van der Waals surface area contributed by atoms with E-state index >= 15 is 0 Å². The Bertz CT molecular complexity index is 1240. The van der Waals surface area contributed by atoms with Crippen LogP contribution in [0.2, 0.25) is 0 Å². The number of halogens is 13. The molecule has 0 saturated carbocycles. The predicted molar refractivity (Wildman–Crippen MR) is 127 cm³/mol. The third-order valence-corrected chi connectivity index (χ3v) is 6.09. The van der Waals surface area contributed by atoms with Gasteiger partial charge in [0.25, 0.3) is 0 Å². The minimum atomic E-state index is -7.99. The summed E-state index contributed by atoms with van der Waals surface area (Å²) in [5.74, 6) is -38.0. The van der Waals surface area contributed by atoms with Crippen LogP contribution in [0.4, 0.5) is 57.1 Å². The van der Waals surface area contributed by atoms with Gasteiger partial charge in [0.15, 0.2) is 5.78 Å². The molecule has 0 atom stereocenters. The number of ketones is 1. The minimum absolute atomic E-state index is 0.0684. The largest absolute Gasteiger partial charge is 0.494 e. The third-order valence-electron chi connectivity index (χ3n) is 6.09. The summed E-state index contributed by atoms with van der Waals surface area (Å²) in [7, 11) is 0. The van der Waals surface area contributed by atoms with Crippen LogP contribution in [-0.4, -0.2) is 54.0 Å². The average molecular weight is 642 g/mol. The number of alkyl halides is 13. The first kappa shape index (κ1) is 35.9.